The third-order valence-electron chi connectivity index (χ3n) is 18.2. The molecule has 1 unspecified atom stereocenters. The Morgan fingerprint density at radius 1 is 0.611 bits per heavy atom. The highest BCUT2D eigenvalue weighted by Crippen LogP contribution is 2.48. The molecule has 418 valence electrons. The standard InChI is InChI=1S/C61H114O7SSi3/c1-18-19-20-21-22-23-24-25-26-27-28-29-30-31-36-42-52(67-71(14,15)59(6,7)8)54-46-55(68-72(16,17)60(9,10)11)56(65-54)53-44-43-50(64-53)51(66-70(12,13)58(3,4)5)41-37-33-38-45-61(47-48(2)63-57(61)62)69-49-39-34-32-35-40-49/h32,34-35,39-40,48,50-56H,18-31,33,36-38,41-47H2,1-17H3/t48-,50-,51+,52-,53-,54-,55+,56+,61?/m0/s1. The quantitative estimate of drug-likeness (QED) is 0.0392. The van der Waals surface area contributed by atoms with Gasteiger partial charge in [-0.05, 0) is 106 Å². The van der Waals surface area contributed by atoms with Gasteiger partial charge in [0.15, 0.2) is 25.0 Å². The highest BCUT2D eigenvalue weighted by molar-refractivity contribution is 8.01. The minimum absolute atomic E-state index is 0.00512. The zero-order valence-corrected chi connectivity index (χ0v) is 53.8. The molecule has 4 rings (SSSR count). The fourth-order valence-electron chi connectivity index (χ4n) is 10.5. The van der Waals surface area contributed by atoms with E-state index >= 15 is 0 Å². The molecule has 0 saturated carbocycles. The van der Waals surface area contributed by atoms with Crippen LogP contribution in [0.2, 0.25) is 54.4 Å². The van der Waals surface area contributed by atoms with Crippen LogP contribution in [-0.2, 0) is 32.3 Å². The lowest BCUT2D eigenvalue weighted by atomic mass is 9.95. The molecule has 0 bridgehead atoms. The predicted molar refractivity (Wildman–Crippen MR) is 315 cm³/mol. The predicted octanol–water partition coefficient (Wildman–Crippen LogP) is 18.9. The maximum atomic E-state index is 13.4. The minimum Gasteiger partial charge on any atom is -0.462 e. The van der Waals surface area contributed by atoms with Gasteiger partial charge in [0, 0.05) is 17.7 Å². The number of thioether (sulfide) groups is 1. The van der Waals surface area contributed by atoms with Crippen LogP contribution in [0.25, 0.3) is 0 Å². The molecule has 7 nitrogen and oxygen atoms in total. The van der Waals surface area contributed by atoms with Gasteiger partial charge < -0.3 is 27.5 Å². The van der Waals surface area contributed by atoms with E-state index in [4.69, 9.17) is 27.5 Å². The van der Waals surface area contributed by atoms with Crippen molar-refractivity contribution in [3.63, 3.8) is 0 Å². The van der Waals surface area contributed by atoms with E-state index in [0.29, 0.717) is 0 Å². The molecule has 0 radical (unpaired) electrons. The normalized spacial score (nSPS) is 25.6. The molecule has 0 aromatic heterocycles. The van der Waals surface area contributed by atoms with Crippen LogP contribution in [0.5, 0.6) is 0 Å². The van der Waals surface area contributed by atoms with E-state index in [1.54, 1.807) is 11.8 Å². The number of carbonyl (C=O) groups is 1. The number of rotatable bonds is 33. The Bertz CT molecular complexity index is 1690. The SMILES string of the molecule is CCCCCCCCCCCCCCCCC[C@H](O[Si](C)(C)C(C)(C)C)[C@@H]1C[C@@H](O[Si](C)(C)C(C)(C)C)[C@@H]([C@@H]2CC[C@@H]([C@@H](CCCCCC3(Sc4ccccc4)C[C@H](C)OC3=O)O[Si](C)(C)C(C)(C)C)O2)O1. The number of carbonyl (C=O) groups excluding carboxylic acids is 1. The van der Waals surface area contributed by atoms with Crippen LogP contribution in [0.15, 0.2) is 35.2 Å². The number of unbranched alkanes of at least 4 members (excludes halogenated alkanes) is 16. The first kappa shape index (κ1) is 64.0. The lowest BCUT2D eigenvalue weighted by Crippen LogP contribution is -2.49. The van der Waals surface area contributed by atoms with Crippen molar-refractivity contribution in [1.29, 1.82) is 0 Å². The van der Waals surface area contributed by atoms with Crippen LogP contribution in [0.4, 0.5) is 0 Å². The number of benzene rings is 1. The van der Waals surface area contributed by atoms with Gasteiger partial charge in [0.05, 0.1) is 36.6 Å². The van der Waals surface area contributed by atoms with Crippen LogP contribution in [0.3, 0.4) is 0 Å². The summed E-state index contributed by atoms with van der Waals surface area (Å²) < 4.78 is 42.3. The second-order valence-electron chi connectivity index (χ2n) is 27.6. The van der Waals surface area contributed by atoms with Gasteiger partial charge in [0.25, 0.3) is 0 Å². The van der Waals surface area contributed by atoms with Crippen molar-refractivity contribution in [1.82, 2.24) is 0 Å². The van der Waals surface area contributed by atoms with Crippen molar-refractivity contribution in [3.05, 3.63) is 30.3 Å². The zero-order valence-electron chi connectivity index (χ0n) is 49.9. The molecule has 3 aliphatic heterocycles. The Hall–Kier alpha value is -0.509. The van der Waals surface area contributed by atoms with Crippen molar-refractivity contribution in [2.24, 2.45) is 0 Å². The van der Waals surface area contributed by atoms with Crippen molar-refractivity contribution in [2.75, 3.05) is 0 Å². The molecule has 72 heavy (non-hydrogen) atoms. The maximum Gasteiger partial charge on any atom is 0.322 e. The monoisotopic (exact) mass is 1070 g/mol. The Kier molecular flexibility index (Phi) is 25.7. The van der Waals surface area contributed by atoms with E-state index in [-0.39, 0.29) is 69.9 Å². The van der Waals surface area contributed by atoms with E-state index in [2.05, 4.69) is 133 Å². The second-order valence-corrected chi connectivity index (χ2v) is 43.3. The lowest BCUT2D eigenvalue weighted by Gasteiger charge is -2.41. The van der Waals surface area contributed by atoms with Gasteiger partial charge in [0.1, 0.15) is 17.0 Å². The number of hydrogen-bond acceptors (Lipinski definition) is 8. The first-order valence-corrected chi connectivity index (χ1v) is 39.4. The van der Waals surface area contributed by atoms with E-state index in [0.717, 1.165) is 69.1 Å². The number of esters is 1. The molecular weight excluding hydrogens is 961 g/mol. The van der Waals surface area contributed by atoms with Crippen molar-refractivity contribution in [3.8, 4) is 0 Å². The fraction of sp³-hybridized carbons (Fsp3) is 0.885. The summed E-state index contributed by atoms with van der Waals surface area (Å²) in [6.07, 6.45) is 29.7. The smallest absolute Gasteiger partial charge is 0.322 e. The molecule has 11 heteroatoms. The molecule has 0 N–H and O–H groups in total. The van der Waals surface area contributed by atoms with E-state index in [1.807, 2.05) is 13.0 Å². The van der Waals surface area contributed by atoms with Gasteiger partial charge in [-0.1, -0.05) is 203 Å². The van der Waals surface area contributed by atoms with Gasteiger partial charge in [-0.25, -0.2) is 0 Å². The summed E-state index contributed by atoms with van der Waals surface area (Å²) in [4.78, 5) is 14.5. The van der Waals surface area contributed by atoms with Crippen LogP contribution in [0.1, 0.15) is 237 Å². The van der Waals surface area contributed by atoms with Crippen LogP contribution >= 0.6 is 11.8 Å². The first-order valence-electron chi connectivity index (χ1n) is 29.9. The second kappa shape index (κ2) is 28.9. The zero-order chi connectivity index (χ0) is 53.4. The average Bonchev–Trinajstić information content (AvgIpc) is 4.00. The van der Waals surface area contributed by atoms with E-state index in [1.165, 1.54) is 96.3 Å². The number of cyclic esters (lactones) is 1. The molecule has 0 spiro atoms. The molecule has 9 atom stereocenters. The average molecular weight is 1080 g/mol. The van der Waals surface area contributed by atoms with E-state index < -0.39 is 29.7 Å². The molecule has 3 heterocycles. The molecule has 3 aliphatic rings. The first-order chi connectivity index (χ1) is 33.6. The summed E-state index contributed by atoms with van der Waals surface area (Å²) in [6.45, 7) is 39.9. The van der Waals surface area contributed by atoms with Gasteiger partial charge >= 0.3 is 5.97 Å². The Morgan fingerprint density at radius 3 is 1.53 bits per heavy atom. The Labute approximate surface area is 452 Å². The van der Waals surface area contributed by atoms with E-state index in [9.17, 15) is 4.79 Å². The Balaban J connectivity index is 1.44. The maximum absolute atomic E-state index is 13.4. The summed E-state index contributed by atoms with van der Waals surface area (Å²) in [5, 5.41) is 0.275. The topological polar surface area (TPSA) is 72.5 Å². The summed E-state index contributed by atoms with van der Waals surface area (Å²) in [6, 6.07) is 10.4. The third-order valence-corrected chi connectivity index (χ3v) is 33.2. The van der Waals surface area contributed by atoms with Gasteiger partial charge in [-0.2, -0.15) is 0 Å². The summed E-state index contributed by atoms with van der Waals surface area (Å²) in [7, 11) is -6.37. The lowest BCUT2D eigenvalue weighted by molar-refractivity contribution is -0.142. The van der Waals surface area contributed by atoms with Crippen molar-refractivity contribution >= 4 is 42.7 Å². The highest BCUT2D eigenvalue weighted by atomic mass is 32.2. The summed E-state index contributed by atoms with van der Waals surface area (Å²) in [5.41, 5.74) is 0. The summed E-state index contributed by atoms with van der Waals surface area (Å²) >= 11 is 1.70. The molecule has 1 aromatic carbocycles. The highest BCUT2D eigenvalue weighted by Gasteiger charge is 2.53. The van der Waals surface area contributed by atoms with Crippen LogP contribution in [0, 0.1) is 0 Å². The minimum atomic E-state index is -2.15. The van der Waals surface area contributed by atoms with Gasteiger partial charge in [-0.15, -0.1) is 11.8 Å². The largest absolute Gasteiger partial charge is 0.462 e. The molecule has 0 amide bonds. The molecule has 3 fully saturated rings. The number of ether oxygens (including phenoxy) is 3. The Morgan fingerprint density at radius 2 is 1.07 bits per heavy atom. The molecule has 0 aliphatic carbocycles. The van der Waals surface area contributed by atoms with Crippen molar-refractivity contribution in [2.45, 2.75) is 350 Å². The van der Waals surface area contributed by atoms with Crippen LogP contribution < -0.4 is 0 Å². The summed E-state index contributed by atoms with van der Waals surface area (Å²) in [5.74, 6) is -0.0523. The molecular formula is C61H114O7SSi3. The van der Waals surface area contributed by atoms with Crippen molar-refractivity contribution < 1.29 is 32.3 Å². The van der Waals surface area contributed by atoms with Gasteiger partial charge in [-0.3, -0.25) is 4.79 Å². The fourth-order valence-corrected chi connectivity index (χ4v) is 16.0. The molecule has 3 saturated heterocycles. The van der Waals surface area contributed by atoms with Gasteiger partial charge in [0.2, 0.25) is 0 Å². The van der Waals surface area contributed by atoms with Crippen LogP contribution in [-0.4, -0.2) is 84.5 Å². The molecule has 1 aromatic rings. The third kappa shape index (κ3) is 19.7. The number of hydrogen-bond donors (Lipinski definition) is 0.